The first-order chi connectivity index (χ1) is 10.8. The molecular formula is C18H26N4O. The van der Waals surface area contributed by atoms with Gasteiger partial charge in [0, 0.05) is 12.6 Å². The van der Waals surface area contributed by atoms with Crippen molar-refractivity contribution in [3.05, 3.63) is 46.6 Å². The van der Waals surface area contributed by atoms with Crippen LogP contribution in [0.15, 0.2) is 24.3 Å². The second-order valence-corrected chi connectivity index (χ2v) is 6.16. The largest absolute Gasteiger partial charge is 0.309 e. The molecule has 0 saturated heterocycles. The molecule has 1 heterocycles. The molecule has 5 heteroatoms. The smallest absolute Gasteiger partial charge is 0.247 e. The Morgan fingerprint density at radius 3 is 2.39 bits per heavy atom. The van der Waals surface area contributed by atoms with E-state index in [0.29, 0.717) is 0 Å². The SMILES string of the molecule is CCc1c(C)nn(C)c1NC(=O)C(c1ccc(C)cc1)N(C)C. The number of nitrogens with one attached hydrogen (secondary N) is 1. The van der Waals surface area contributed by atoms with E-state index in [1.54, 1.807) is 4.68 Å². The summed E-state index contributed by atoms with van der Waals surface area (Å²) < 4.78 is 1.74. The quantitative estimate of drug-likeness (QED) is 0.923. The number of carbonyl (C=O) groups is 1. The molecule has 0 bridgehead atoms. The van der Waals surface area contributed by atoms with E-state index in [9.17, 15) is 4.79 Å². The topological polar surface area (TPSA) is 50.2 Å². The first-order valence-corrected chi connectivity index (χ1v) is 7.91. The lowest BCUT2D eigenvalue weighted by molar-refractivity contribution is -0.120. The van der Waals surface area contributed by atoms with Crippen LogP contribution in [0.5, 0.6) is 0 Å². The van der Waals surface area contributed by atoms with E-state index < -0.39 is 0 Å². The Morgan fingerprint density at radius 2 is 1.87 bits per heavy atom. The number of carbonyl (C=O) groups excluding carboxylic acids is 1. The van der Waals surface area contributed by atoms with Crippen LogP contribution in [0.2, 0.25) is 0 Å². The summed E-state index contributed by atoms with van der Waals surface area (Å²) in [5.74, 6) is 0.741. The third kappa shape index (κ3) is 3.62. The van der Waals surface area contributed by atoms with Gasteiger partial charge in [0.15, 0.2) is 0 Å². The molecule has 0 aliphatic carbocycles. The molecule has 0 aliphatic heterocycles. The number of hydrogen-bond donors (Lipinski definition) is 1. The fourth-order valence-corrected chi connectivity index (χ4v) is 2.90. The highest BCUT2D eigenvalue weighted by atomic mass is 16.2. The second-order valence-electron chi connectivity index (χ2n) is 6.16. The van der Waals surface area contributed by atoms with Crippen LogP contribution in [-0.2, 0) is 18.3 Å². The third-order valence-electron chi connectivity index (χ3n) is 4.10. The van der Waals surface area contributed by atoms with Gasteiger partial charge in [-0.2, -0.15) is 5.10 Å². The van der Waals surface area contributed by atoms with E-state index in [0.717, 1.165) is 29.1 Å². The lowest BCUT2D eigenvalue weighted by Gasteiger charge is -2.24. The van der Waals surface area contributed by atoms with Gasteiger partial charge in [-0.05, 0) is 39.9 Å². The predicted molar refractivity (Wildman–Crippen MR) is 93.6 cm³/mol. The molecule has 1 aromatic heterocycles. The maximum atomic E-state index is 12.9. The maximum absolute atomic E-state index is 12.9. The molecule has 0 saturated carbocycles. The molecule has 0 spiro atoms. The van der Waals surface area contributed by atoms with Crippen LogP contribution < -0.4 is 5.32 Å². The molecule has 0 fully saturated rings. The van der Waals surface area contributed by atoms with Crippen molar-refractivity contribution < 1.29 is 4.79 Å². The predicted octanol–water partition coefficient (Wildman–Crippen LogP) is 2.84. The molecule has 5 nitrogen and oxygen atoms in total. The highest BCUT2D eigenvalue weighted by Crippen LogP contribution is 2.24. The summed E-state index contributed by atoms with van der Waals surface area (Å²) >= 11 is 0. The number of aromatic nitrogens is 2. The van der Waals surface area contributed by atoms with Crippen molar-refractivity contribution >= 4 is 11.7 Å². The molecule has 1 aromatic carbocycles. The van der Waals surface area contributed by atoms with Crippen LogP contribution in [0.1, 0.15) is 35.3 Å². The van der Waals surface area contributed by atoms with E-state index >= 15 is 0 Å². The highest BCUT2D eigenvalue weighted by Gasteiger charge is 2.25. The lowest BCUT2D eigenvalue weighted by Crippen LogP contribution is -2.33. The summed E-state index contributed by atoms with van der Waals surface area (Å²) in [7, 11) is 5.69. The molecule has 0 aliphatic rings. The van der Waals surface area contributed by atoms with Crippen LogP contribution in [-0.4, -0.2) is 34.7 Å². The fourth-order valence-electron chi connectivity index (χ4n) is 2.90. The number of aryl methyl sites for hydroxylation is 3. The second kappa shape index (κ2) is 6.96. The fraction of sp³-hybridized carbons (Fsp3) is 0.444. The Kier molecular flexibility index (Phi) is 5.21. The minimum atomic E-state index is -0.337. The zero-order valence-electron chi connectivity index (χ0n) is 14.8. The molecule has 124 valence electrons. The van der Waals surface area contributed by atoms with E-state index in [2.05, 4.69) is 17.3 Å². The highest BCUT2D eigenvalue weighted by molar-refractivity contribution is 5.95. The van der Waals surface area contributed by atoms with Crippen LogP contribution in [0.4, 0.5) is 5.82 Å². The van der Waals surface area contributed by atoms with Crippen LogP contribution in [0, 0.1) is 13.8 Å². The molecular weight excluding hydrogens is 288 g/mol. The van der Waals surface area contributed by atoms with Crippen molar-refractivity contribution in [2.75, 3.05) is 19.4 Å². The minimum absolute atomic E-state index is 0.0449. The zero-order valence-corrected chi connectivity index (χ0v) is 14.8. The zero-order chi connectivity index (χ0) is 17.1. The molecule has 0 radical (unpaired) electrons. The first-order valence-electron chi connectivity index (χ1n) is 7.91. The van der Waals surface area contributed by atoms with Crippen molar-refractivity contribution in [2.45, 2.75) is 33.2 Å². The Labute approximate surface area is 138 Å². The van der Waals surface area contributed by atoms with E-state index in [1.807, 2.05) is 64.2 Å². The summed E-state index contributed by atoms with van der Waals surface area (Å²) in [6, 6.07) is 7.75. The van der Waals surface area contributed by atoms with Crippen molar-refractivity contribution in [3.8, 4) is 0 Å². The van der Waals surface area contributed by atoms with Crippen LogP contribution in [0.25, 0.3) is 0 Å². The Balaban J connectivity index is 2.31. The maximum Gasteiger partial charge on any atom is 0.247 e. The Hall–Kier alpha value is -2.14. The van der Waals surface area contributed by atoms with Crippen LogP contribution in [0.3, 0.4) is 0 Å². The molecule has 1 N–H and O–H groups in total. The van der Waals surface area contributed by atoms with Gasteiger partial charge in [0.2, 0.25) is 5.91 Å². The molecule has 1 amide bonds. The number of hydrogen-bond acceptors (Lipinski definition) is 3. The molecule has 23 heavy (non-hydrogen) atoms. The molecule has 2 rings (SSSR count). The van der Waals surface area contributed by atoms with Gasteiger partial charge >= 0.3 is 0 Å². The standard InChI is InChI=1S/C18H26N4O/c1-7-15-13(3)20-22(6)17(15)19-18(23)16(21(4)5)14-10-8-12(2)9-11-14/h8-11,16H,7H2,1-6H3,(H,19,23). The van der Waals surface area contributed by atoms with E-state index in [-0.39, 0.29) is 11.9 Å². The van der Waals surface area contributed by atoms with Gasteiger partial charge in [0.25, 0.3) is 0 Å². The summed E-state index contributed by atoms with van der Waals surface area (Å²) in [5.41, 5.74) is 4.21. The number of nitrogens with zero attached hydrogens (tertiary/aromatic N) is 3. The number of benzene rings is 1. The first kappa shape index (κ1) is 17.2. The van der Waals surface area contributed by atoms with E-state index in [4.69, 9.17) is 0 Å². The Morgan fingerprint density at radius 1 is 1.26 bits per heavy atom. The van der Waals surface area contributed by atoms with Crippen molar-refractivity contribution in [3.63, 3.8) is 0 Å². The van der Waals surface area contributed by atoms with Gasteiger partial charge < -0.3 is 5.32 Å². The molecule has 1 atom stereocenters. The molecule has 2 aromatic rings. The summed E-state index contributed by atoms with van der Waals surface area (Å²) in [6.45, 7) is 6.08. The van der Waals surface area contributed by atoms with Gasteiger partial charge in [-0.1, -0.05) is 36.8 Å². The summed E-state index contributed by atoms with van der Waals surface area (Å²) in [4.78, 5) is 14.8. The Bertz CT molecular complexity index is 686. The lowest BCUT2D eigenvalue weighted by atomic mass is 10.0. The number of anilines is 1. The van der Waals surface area contributed by atoms with Crippen molar-refractivity contribution in [2.24, 2.45) is 7.05 Å². The summed E-state index contributed by atoms with van der Waals surface area (Å²) in [5, 5.41) is 7.48. The van der Waals surface area contributed by atoms with Gasteiger partial charge in [0.05, 0.1) is 5.69 Å². The van der Waals surface area contributed by atoms with Crippen molar-refractivity contribution in [1.82, 2.24) is 14.7 Å². The van der Waals surface area contributed by atoms with Gasteiger partial charge in [-0.3, -0.25) is 14.4 Å². The van der Waals surface area contributed by atoms with Crippen LogP contribution >= 0.6 is 0 Å². The monoisotopic (exact) mass is 314 g/mol. The molecule has 1 unspecified atom stereocenters. The number of likely N-dealkylation sites (N-methyl/N-ethyl adjacent to an activating group) is 1. The third-order valence-corrected chi connectivity index (χ3v) is 4.10. The van der Waals surface area contributed by atoms with Gasteiger partial charge in [-0.25, -0.2) is 0 Å². The normalized spacial score (nSPS) is 12.5. The average molecular weight is 314 g/mol. The summed E-state index contributed by atoms with van der Waals surface area (Å²) in [6.07, 6.45) is 0.840. The average Bonchev–Trinajstić information content (AvgIpc) is 2.74. The van der Waals surface area contributed by atoms with E-state index in [1.165, 1.54) is 5.56 Å². The number of amides is 1. The number of rotatable bonds is 5. The minimum Gasteiger partial charge on any atom is -0.309 e. The van der Waals surface area contributed by atoms with Gasteiger partial charge in [0.1, 0.15) is 11.9 Å². The van der Waals surface area contributed by atoms with Crippen molar-refractivity contribution in [1.29, 1.82) is 0 Å². The van der Waals surface area contributed by atoms with Gasteiger partial charge in [-0.15, -0.1) is 0 Å².